The quantitative estimate of drug-likeness (QED) is 0.616. The highest BCUT2D eigenvalue weighted by Gasteiger charge is 2.29. The van der Waals surface area contributed by atoms with Crippen molar-refractivity contribution in [2.75, 3.05) is 19.6 Å². The first-order valence-electron chi connectivity index (χ1n) is 12.2. The average Bonchev–Trinajstić information content (AvgIpc) is 3.22. The summed E-state index contributed by atoms with van der Waals surface area (Å²) < 4.78 is 0. The van der Waals surface area contributed by atoms with Gasteiger partial charge in [0.05, 0.1) is 6.04 Å². The van der Waals surface area contributed by atoms with Crippen molar-refractivity contribution < 1.29 is 4.79 Å². The highest BCUT2D eigenvalue weighted by atomic mass is 16.2. The van der Waals surface area contributed by atoms with Gasteiger partial charge in [-0.1, -0.05) is 19.4 Å². The minimum Gasteiger partial charge on any atom is -0.354 e. The number of carbonyl (C=O) groups is 1. The van der Waals surface area contributed by atoms with Gasteiger partial charge >= 0.3 is 0 Å². The Labute approximate surface area is 190 Å². The summed E-state index contributed by atoms with van der Waals surface area (Å²) in [4.78, 5) is 23.0. The molecule has 0 aliphatic carbocycles. The first-order chi connectivity index (χ1) is 15.6. The van der Waals surface area contributed by atoms with Crippen molar-refractivity contribution in [3.8, 4) is 11.3 Å². The van der Waals surface area contributed by atoms with E-state index in [9.17, 15) is 4.79 Å². The predicted octanol–water partition coefficient (Wildman–Crippen LogP) is 4.95. The Kier molecular flexibility index (Phi) is 6.01. The number of H-pyrrole nitrogens is 1. The predicted molar refractivity (Wildman–Crippen MR) is 130 cm³/mol. The fraction of sp³-hybridized carbons (Fsp3) is 0.481. The van der Waals surface area contributed by atoms with E-state index in [1.165, 1.54) is 39.7 Å². The van der Waals surface area contributed by atoms with Crippen molar-refractivity contribution in [3.05, 3.63) is 53.3 Å². The van der Waals surface area contributed by atoms with Gasteiger partial charge in [0.1, 0.15) is 0 Å². The lowest BCUT2D eigenvalue weighted by molar-refractivity contribution is -0.135. The molecule has 4 heterocycles. The molecular weight excluding hydrogens is 396 g/mol. The molecule has 2 saturated heterocycles. The lowest BCUT2D eigenvalue weighted by atomic mass is 9.88. The summed E-state index contributed by atoms with van der Waals surface area (Å²) in [5.41, 5.74) is 7.44. The number of amides is 1. The molecule has 5 rings (SSSR count). The average molecular weight is 431 g/mol. The third kappa shape index (κ3) is 4.06. The SMILES string of the molecule is CCc1c(-c2ccnc(C)c2)[nH]c2ccc(C3CCN(C(=O)[C@@H]4CCCCN4)CC3)cc12. The molecule has 2 fully saturated rings. The summed E-state index contributed by atoms with van der Waals surface area (Å²) in [5.74, 6) is 0.837. The Morgan fingerprint density at radius 2 is 1.97 bits per heavy atom. The molecule has 0 spiro atoms. The van der Waals surface area contributed by atoms with Crippen LogP contribution in [-0.2, 0) is 11.2 Å². The molecule has 2 aromatic heterocycles. The van der Waals surface area contributed by atoms with E-state index in [1.54, 1.807) is 0 Å². The van der Waals surface area contributed by atoms with Crippen molar-refractivity contribution in [1.82, 2.24) is 20.2 Å². The minimum atomic E-state index is 0.0406. The number of hydrogen-bond acceptors (Lipinski definition) is 3. The summed E-state index contributed by atoms with van der Waals surface area (Å²) in [7, 11) is 0. The van der Waals surface area contributed by atoms with Gasteiger partial charge in [0, 0.05) is 47.1 Å². The Balaban J connectivity index is 1.35. The van der Waals surface area contributed by atoms with Gasteiger partial charge < -0.3 is 15.2 Å². The second-order valence-corrected chi connectivity index (χ2v) is 9.43. The van der Waals surface area contributed by atoms with Gasteiger partial charge in [0.15, 0.2) is 0 Å². The topological polar surface area (TPSA) is 61.0 Å². The molecule has 0 unspecified atom stereocenters. The van der Waals surface area contributed by atoms with Crippen molar-refractivity contribution in [1.29, 1.82) is 0 Å². The van der Waals surface area contributed by atoms with Crippen LogP contribution in [0.3, 0.4) is 0 Å². The standard InChI is InChI=1S/C27H34N4O/c1-3-22-23-17-20(7-8-24(23)30-26(22)21-9-13-28-18(2)16-21)19-10-14-31(15-11-19)27(32)25-6-4-5-12-29-25/h7-9,13,16-17,19,25,29-30H,3-6,10-12,14-15H2,1-2H3/t25-/m0/s1. The second kappa shape index (κ2) is 9.07. The number of likely N-dealkylation sites (tertiary alicyclic amines) is 1. The molecule has 1 atom stereocenters. The van der Waals surface area contributed by atoms with Gasteiger partial charge in [0.25, 0.3) is 0 Å². The number of rotatable bonds is 4. The number of aryl methyl sites for hydroxylation is 2. The lowest BCUT2D eigenvalue weighted by Gasteiger charge is -2.35. The number of aromatic nitrogens is 2. The molecule has 32 heavy (non-hydrogen) atoms. The molecule has 2 N–H and O–H groups in total. The van der Waals surface area contributed by atoms with Gasteiger partial charge in [-0.15, -0.1) is 0 Å². The molecule has 168 valence electrons. The summed E-state index contributed by atoms with van der Waals surface area (Å²) in [6.07, 6.45) is 8.31. The molecule has 2 aliphatic heterocycles. The zero-order chi connectivity index (χ0) is 22.1. The number of aromatic amines is 1. The van der Waals surface area contributed by atoms with Crippen LogP contribution < -0.4 is 5.32 Å². The van der Waals surface area contributed by atoms with Crippen LogP contribution in [0.15, 0.2) is 36.5 Å². The van der Waals surface area contributed by atoms with Crippen LogP contribution in [0.2, 0.25) is 0 Å². The molecule has 2 aliphatic rings. The summed E-state index contributed by atoms with van der Waals surface area (Å²) in [6.45, 7) is 6.99. The van der Waals surface area contributed by atoms with E-state index < -0.39 is 0 Å². The van der Waals surface area contributed by atoms with Crippen molar-refractivity contribution in [3.63, 3.8) is 0 Å². The van der Waals surface area contributed by atoms with Gasteiger partial charge in [0.2, 0.25) is 5.91 Å². The molecule has 5 nitrogen and oxygen atoms in total. The summed E-state index contributed by atoms with van der Waals surface area (Å²) in [5, 5.41) is 4.75. The Morgan fingerprint density at radius 1 is 1.12 bits per heavy atom. The van der Waals surface area contributed by atoms with E-state index in [0.717, 1.165) is 57.4 Å². The van der Waals surface area contributed by atoms with Gasteiger partial charge in [-0.05, 0) is 86.9 Å². The van der Waals surface area contributed by atoms with Crippen LogP contribution in [0.4, 0.5) is 0 Å². The zero-order valence-electron chi connectivity index (χ0n) is 19.3. The number of nitrogens with zero attached hydrogens (tertiary/aromatic N) is 2. The smallest absolute Gasteiger partial charge is 0.239 e. The van der Waals surface area contributed by atoms with E-state index in [1.807, 2.05) is 13.1 Å². The monoisotopic (exact) mass is 430 g/mol. The second-order valence-electron chi connectivity index (χ2n) is 9.43. The van der Waals surface area contributed by atoms with E-state index in [-0.39, 0.29) is 6.04 Å². The number of hydrogen-bond donors (Lipinski definition) is 2. The highest BCUT2D eigenvalue weighted by molar-refractivity contribution is 5.91. The fourth-order valence-electron chi connectivity index (χ4n) is 5.55. The number of benzene rings is 1. The Morgan fingerprint density at radius 3 is 2.69 bits per heavy atom. The first kappa shape index (κ1) is 21.2. The van der Waals surface area contributed by atoms with Gasteiger partial charge in [-0.25, -0.2) is 0 Å². The molecule has 0 radical (unpaired) electrons. The van der Waals surface area contributed by atoms with Crippen molar-refractivity contribution >= 4 is 16.8 Å². The van der Waals surface area contributed by atoms with Crippen LogP contribution in [-0.4, -0.2) is 46.5 Å². The summed E-state index contributed by atoms with van der Waals surface area (Å²) in [6, 6.07) is 11.2. The number of piperidine rings is 2. The van der Waals surface area contributed by atoms with E-state index in [2.05, 4.69) is 57.4 Å². The van der Waals surface area contributed by atoms with E-state index in [0.29, 0.717) is 11.8 Å². The van der Waals surface area contributed by atoms with Crippen LogP contribution in [0.25, 0.3) is 22.2 Å². The third-order valence-electron chi connectivity index (χ3n) is 7.36. The largest absolute Gasteiger partial charge is 0.354 e. The third-order valence-corrected chi connectivity index (χ3v) is 7.36. The highest BCUT2D eigenvalue weighted by Crippen LogP contribution is 2.35. The number of carbonyl (C=O) groups excluding carboxylic acids is 1. The van der Waals surface area contributed by atoms with E-state index >= 15 is 0 Å². The van der Waals surface area contributed by atoms with Crippen LogP contribution >= 0.6 is 0 Å². The number of pyridine rings is 1. The zero-order valence-corrected chi connectivity index (χ0v) is 19.3. The van der Waals surface area contributed by atoms with Crippen molar-refractivity contribution in [2.24, 2.45) is 0 Å². The van der Waals surface area contributed by atoms with Crippen LogP contribution in [0.5, 0.6) is 0 Å². The molecular formula is C27H34N4O. The van der Waals surface area contributed by atoms with Gasteiger partial charge in [-0.2, -0.15) is 0 Å². The summed E-state index contributed by atoms with van der Waals surface area (Å²) >= 11 is 0. The van der Waals surface area contributed by atoms with Crippen LogP contribution in [0, 0.1) is 6.92 Å². The molecule has 0 saturated carbocycles. The molecule has 3 aromatic rings. The van der Waals surface area contributed by atoms with Crippen LogP contribution in [0.1, 0.15) is 61.8 Å². The molecule has 5 heteroatoms. The lowest BCUT2D eigenvalue weighted by Crippen LogP contribution is -2.50. The van der Waals surface area contributed by atoms with Gasteiger partial charge in [-0.3, -0.25) is 9.78 Å². The fourth-order valence-corrected chi connectivity index (χ4v) is 5.55. The number of fused-ring (bicyclic) bond motifs is 1. The van der Waals surface area contributed by atoms with Crippen molar-refractivity contribution in [2.45, 2.75) is 64.3 Å². The van der Waals surface area contributed by atoms with E-state index in [4.69, 9.17) is 0 Å². The minimum absolute atomic E-state index is 0.0406. The molecule has 1 amide bonds. The maximum atomic E-state index is 12.9. The Hall–Kier alpha value is -2.66. The number of nitrogens with one attached hydrogen (secondary N) is 2. The normalized spacial score (nSPS) is 20.1. The maximum absolute atomic E-state index is 12.9. The molecule has 1 aromatic carbocycles. The first-order valence-corrected chi connectivity index (χ1v) is 12.2. The molecule has 0 bridgehead atoms. The maximum Gasteiger partial charge on any atom is 0.239 e. The Bertz CT molecular complexity index is 1100.